The van der Waals surface area contributed by atoms with E-state index in [4.69, 9.17) is 22.1 Å². The molecule has 5 N–H and O–H groups in total. The van der Waals surface area contributed by atoms with Crippen LogP contribution in [0.3, 0.4) is 0 Å². The molecule has 3 aromatic heterocycles. The summed E-state index contributed by atoms with van der Waals surface area (Å²) in [5, 5.41) is 19.5. The predicted octanol–water partition coefficient (Wildman–Crippen LogP) is 5.13. The van der Waals surface area contributed by atoms with E-state index in [2.05, 4.69) is 30.5 Å². The van der Waals surface area contributed by atoms with Crippen molar-refractivity contribution in [1.82, 2.24) is 39.8 Å². The molecule has 2 aliphatic heterocycles. The average Bonchev–Trinajstić information content (AvgIpc) is 3.82. The molecule has 18 nitrogen and oxygen atoms in total. The van der Waals surface area contributed by atoms with Crippen molar-refractivity contribution in [3.63, 3.8) is 0 Å². The van der Waals surface area contributed by atoms with Crippen molar-refractivity contribution in [3.8, 4) is 11.4 Å². The second-order valence-corrected chi connectivity index (χ2v) is 15.2. The van der Waals surface area contributed by atoms with Gasteiger partial charge in [0.15, 0.2) is 11.5 Å². The largest absolute Gasteiger partial charge is 0.444 e. The molecule has 0 atom stereocenters. The molecule has 2 fully saturated rings. The van der Waals surface area contributed by atoms with E-state index in [-0.39, 0.29) is 81.3 Å². The van der Waals surface area contributed by atoms with E-state index in [0.29, 0.717) is 39.0 Å². The third-order valence-electron chi connectivity index (χ3n) is 9.54. The van der Waals surface area contributed by atoms with Gasteiger partial charge >= 0.3 is 18.0 Å². The van der Waals surface area contributed by atoms with Crippen LogP contribution in [-0.4, -0.2) is 113 Å². The molecule has 58 heavy (non-hydrogen) atoms. The van der Waals surface area contributed by atoms with Crippen molar-refractivity contribution >= 4 is 52.5 Å². The lowest BCUT2D eigenvalue weighted by molar-refractivity contribution is -0.384. The molecule has 0 radical (unpaired) electrons. The van der Waals surface area contributed by atoms with Gasteiger partial charge in [0.05, 0.1) is 26.9 Å². The third kappa shape index (κ3) is 9.30. The smallest absolute Gasteiger partial charge is 0.435 e. The number of amides is 4. The number of aromatic nitrogens is 5. The molecule has 2 saturated heterocycles. The van der Waals surface area contributed by atoms with Crippen LogP contribution in [0.25, 0.3) is 11.4 Å². The number of anilines is 2. The van der Waals surface area contributed by atoms with E-state index in [9.17, 15) is 42.5 Å². The Morgan fingerprint density at radius 3 is 2.28 bits per heavy atom. The van der Waals surface area contributed by atoms with Crippen LogP contribution < -0.4 is 11.1 Å². The SMILES string of the molecule is CC(C)(C)OC(=O)N1CCC(C(=O)N2CCN(C(=O)c3ccc(NC(=O)c4ncc(Cc5c(C(F)(F)F)n[nH]c5-c5cc(N)c([N+](=O)[O-])cn5)[nH]4)cc3Cl)CC2)CC1. The molecule has 0 unspecified atom stereocenters. The maximum Gasteiger partial charge on any atom is 0.435 e. The first-order valence-electron chi connectivity index (χ1n) is 18.0. The number of nitrogens with two attached hydrogens (primary N) is 1. The van der Waals surface area contributed by atoms with Gasteiger partial charge in [-0.25, -0.2) is 14.8 Å². The number of pyridine rings is 1. The molecule has 6 rings (SSSR count). The Balaban J connectivity index is 1.04. The summed E-state index contributed by atoms with van der Waals surface area (Å²) in [4.78, 5) is 78.0. The van der Waals surface area contributed by atoms with Crippen LogP contribution in [0.2, 0.25) is 5.02 Å². The Bertz CT molecular complexity index is 2240. The Kier molecular flexibility index (Phi) is 11.6. The number of piperazine rings is 1. The number of carbonyl (C=O) groups excluding carboxylic acids is 4. The molecular formula is C36H39ClF3N11O7. The molecule has 2 aliphatic rings. The highest BCUT2D eigenvalue weighted by Gasteiger charge is 2.39. The summed E-state index contributed by atoms with van der Waals surface area (Å²) in [6, 6.07) is 5.33. The van der Waals surface area contributed by atoms with Crippen molar-refractivity contribution in [2.75, 3.05) is 50.3 Å². The first-order valence-corrected chi connectivity index (χ1v) is 18.4. The monoisotopic (exact) mass is 829 g/mol. The van der Waals surface area contributed by atoms with Gasteiger partial charge in [-0.3, -0.25) is 29.6 Å². The van der Waals surface area contributed by atoms with Gasteiger partial charge in [0, 0.05) is 74.7 Å². The van der Waals surface area contributed by atoms with E-state index in [1.165, 1.54) is 24.4 Å². The van der Waals surface area contributed by atoms with Crippen molar-refractivity contribution in [2.24, 2.45) is 5.92 Å². The highest BCUT2D eigenvalue weighted by molar-refractivity contribution is 6.34. The number of rotatable bonds is 8. The molecule has 0 spiro atoms. The molecular weight excluding hydrogens is 791 g/mol. The number of hydrogen-bond acceptors (Lipinski definition) is 11. The molecule has 308 valence electrons. The first kappa shape index (κ1) is 41.4. The number of piperidine rings is 1. The van der Waals surface area contributed by atoms with Gasteiger partial charge in [-0.15, -0.1) is 0 Å². The number of hydrogen-bond donors (Lipinski definition) is 4. The molecule has 4 amide bonds. The second kappa shape index (κ2) is 16.3. The highest BCUT2D eigenvalue weighted by Crippen LogP contribution is 2.37. The quantitative estimate of drug-likeness (QED) is 0.134. The molecule has 5 heterocycles. The van der Waals surface area contributed by atoms with Crippen LogP contribution in [-0.2, 0) is 22.1 Å². The van der Waals surface area contributed by atoms with Gasteiger partial charge in [0.1, 0.15) is 17.5 Å². The maximum absolute atomic E-state index is 13.9. The summed E-state index contributed by atoms with van der Waals surface area (Å²) in [5.41, 5.74) is 2.79. The minimum atomic E-state index is -4.89. The van der Waals surface area contributed by atoms with Gasteiger partial charge in [-0.2, -0.15) is 18.3 Å². The van der Waals surface area contributed by atoms with E-state index in [1.807, 2.05) is 0 Å². The van der Waals surface area contributed by atoms with Crippen LogP contribution in [0.1, 0.15) is 71.5 Å². The lowest BCUT2D eigenvalue weighted by atomic mass is 9.95. The Hall–Kier alpha value is -6.25. The zero-order valence-corrected chi connectivity index (χ0v) is 32.2. The second-order valence-electron chi connectivity index (χ2n) is 14.8. The van der Waals surface area contributed by atoms with Gasteiger partial charge in [0.25, 0.3) is 11.8 Å². The molecule has 0 saturated carbocycles. The van der Waals surface area contributed by atoms with Crippen LogP contribution in [0.5, 0.6) is 0 Å². The number of halogens is 4. The Morgan fingerprint density at radius 2 is 1.67 bits per heavy atom. The summed E-state index contributed by atoms with van der Waals surface area (Å²) in [5.74, 6) is -1.61. The molecule has 0 bridgehead atoms. The number of aromatic amines is 2. The number of benzene rings is 1. The lowest BCUT2D eigenvalue weighted by Gasteiger charge is -2.38. The molecule has 1 aromatic carbocycles. The van der Waals surface area contributed by atoms with Crippen LogP contribution in [0.4, 0.5) is 35.0 Å². The van der Waals surface area contributed by atoms with E-state index in [1.54, 1.807) is 35.5 Å². The summed E-state index contributed by atoms with van der Waals surface area (Å²) in [7, 11) is 0. The summed E-state index contributed by atoms with van der Waals surface area (Å²) < 4.78 is 47.2. The van der Waals surface area contributed by atoms with Crippen LogP contribution in [0, 0.1) is 16.0 Å². The third-order valence-corrected chi connectivity index (χ3v) is 9.86. The first-order chi connectivity index (χ1) is 27.3. The zero-order chi connectivity index (χ0) is 42.1. The summed E-state index contributed by atoms with van der Waals surface area (Å²) >= 11 is 6.49. The number of likely N-dealkylation sites (tertiary alicyclic amines) is 1. The molecule has 4 aromatic rings. The molecule has 22 heteroatoms. The van der Waals surface area contributed by atoms with E-state index in [0.717, 1.165) is 12.3 Å². The van der Waals surface area contributed by atoms with Gasteiger partial charge < -0.3 is 35.5 Å². The van der Waals surface area contributed by atoms with Crippen molar-refractivity contribution < 1.29 is 42.0 Å². The maximum atomic E-state index is 13.9. The highest BCUT2D eigenvalue weighted by atomic mass is 35.5. The number of H-pyrrole nitrogens is 2. The Morgan fingerprint density at radius 1 is 1.00 bits per heavy atom. The normalized spacial score (nSPS) is 15.3. The topological polar surface area (TPSA) is 239 Å². The number of nitrogen functional groups attached to an aromatic ring is 1. The van der Waals surface area contributed by atoms with Crippen molar-refractivity contribution in [2.45, 2.75) is 51.8 Å². The minimum Gasteiger partial charge on any atom is -0.444 e. The molecule has 0 aliphatic carbocycles. The van der Waals surface area contributed by atoms with Gasteiger partial charge in [-0.05, 0) is 57.9 Å². The number of carbonyl (C=O) groups is 4. The fraction of sp³-hybridized carbons (Fsp3) is 0.417. The number of alkyl halides is 3. The zero-order valence-electron chi connectivity index (χ0n) is 31.5. The summed E-state index contributed by atoms with van der Waals surface area (Å²) in [6.45, 7) is 7.45. The number of ether oxygens (including phenoxy) is 1. The van der Waals surface area contributed by atoms with E-state index < -0.39 is 46.5 Å². The predicted molar refractivity (Wildman–Crippen MR) is 202 cm³/mol. The Labute approximate surface area is 333 Å². The van der Waals surface area contributed by atoms with Crippen LogP contribution >= 0.6 is 11.6 Å². The van der Waals surface area contributed by atoms with Crippen molar-refractivity contribution in [1.29, 1.82) is 0 Å². The average molecular weight is 830 g/mol. The fourth-order valence-corrected chi connectivity index (χ4v) is 6.90. The minimum absolute atomic E-state index is 0.0137. The summed E-state index contributed by atoms with van der Waals surface area (Å²) in [6.07, 6.45) is -2.70. The number of nitrogens with zero attached hydrogens (tertiary/aromatic N) is 7. The standard InChI is InChI=1S/C36H39ClF3N11O7/c1-35(2,3)58-34(55)50-8-6-19(7-9-50)32(53)48-10-12-49(13-11-48)33(54)22-5-4-20(15-24(22)37)45-31(52)30-43-17-21(44-30)14-23-28(46-47-29(23)36(38,39)40)26-16-25(41)27(18-42-26)51(56)57/h4-5,15-19H,6-14H2,1-3H3,(H2,41,42)(H,43,44)(H,45,52)(H,46,47). The van der Waals surface area contributed by atoms with Crippen LogP contribution in [0.15, 0.2) is 36.7 Å². The number of nitrogens with one attached hydrogen (secondary N) is 3. The van der Waals surface area contributed by atoms with Gasteiger partial charge in [0.2, 0.25) is 5.91 Å². The van der Waals surface area contributed by atoms with Crippen molar-refractivity contribution in [3.05, 3.63) is 80.1 Å². The van der Waals surface area contributed by atoms with E-state index >= 15 is 0 Å². The van der Waals surface area contributed by atoms with Gasteiger partial charge in [-0.1, -0.05) is 11.6 Å². The number of imidazole rings is 1. The number of nitro groups is 1. The lowest BCUT2D eigenvalue weighted by Crippen LogP contribution is -2.53. The fourth-order valence-electron chi connectivity index (χ4n) is 6.64.